The summed E-state index contributed by atoms with van der Waals surface area (Å²) in [6, 6.07) is 8.05. The van der Waals surface area contributed by atoms with Gasteiger partial charge in [0.05, 0.1) is 18.7 Å². The molecular formula is C21H28N2O3. The third kappa shape index (κ3) is 4.52. The lowest BCUT2D eigenvalue weighted by Crippen LogP contribution is -2.42. The standard InChI is InChI=1S/C21H28N2O3/c1-4-25-14-17-8-6-10-23(13-17)20(24)12-19-16(3)26-21(22-19)18-9-5-7-15(2)11-18/h5,7,9,11,17H,4,6,8,10,12-14H2,1-3H3. The largest absolute Gasteiger partial charge is 0.441 e. The summed E-state index contributed by atoms with van der Waals surface area (Å²) in [7, 11) is 0. The smallest absolute Gasteiger partial charge is 0.228 e. The van der Waals surface area contributed by atoms with Crippen LogP contribution in [-0.2, 0) is 16.0 Å². The van der Waals surface area contributed by atoms with E-state index in [1.54, 1.807) is 0 Å². The zero-order valence-electron chi connectivity index (χ0n) is 16.0. The van der Waals surface area contributed by atoms with E-state index in [-0.39, 0.29) is 5.91 Å². The third-order valence-electron chi connectivity index (χ3n) is 4.91. The molecule has 0 saturated carbocycles. The first kappa shape index (κ1) is 18.6. The number of piperidine rings is 1. The van der Waals surface area contributed by atoms with Crippen LogP contribution in [0.3, 0.4) is 0 Å². The minimum Gasteiger partial charge on any atom is -0.441 e. The van der Waals surface area contributed by atoms with Gasteiger partial charge >= 0.3 is 0 Å². The first-order chi connectivity index (χ1) is 12.6. The third-order valence-corrected chi connectivity index (χ3v) is 4.91. The lowest BCUT2D eigenvalue weighted by Gasteiger charge is -2.32. The molecule has 26 heavy (non-hydrogen) atoms. The fourth-order valence-corrected chi connectivity index (χ4v) is 3.46. The number of aryl methyl sites for hydroxylation is 2. The van der Waals surface area contributed by atoms with E-state index < -0.39 is 0 Å². The summed E-state index contributed by atoms with van der Waals surface area (Å²) in [5.74, 6) is 1.87. The fourth-order valence-electron chi connectivity index (χ4n) is 3.46. The average Bonchev–Trinajstić information content (AvgIpc) is 3.01. The Balaban J connectivity index is 1.66. The molecule has 1 aromatic carbocycles. The van der Waals surface area contributed by atoms with E-state index in [0.717, 1.165) is 61.7 Å². The topological polar surface area (TPSA) is 55.6 Å². The molecule has 1 aliphatic heterocycles. The van der Waals surface area contributed by atoms with Crippen molar-refractivity contribution in [2.75, 3.05) is 26.3 Å². The van der Waals surface area contributed by atoms with Crippen LogP contribution in [0.4, 0.5) is 0 Å². The molecule has 5 nitrogen and oxygen atoms in total. The van der Waals surface area contributed by atoms with Crippen LogP contribution in [0, 0.1) is 19.8 Å². The maximum atomic E-state index is 12.7. The van der Waals surface area contributed by atoms with Gasteiger partial charge in [0, 0.05) is 25.3 Å². The van der Waals surface area contributed by atoms with Crippen molar-refractivity contribution in [1.82, 2.24) is 9.88 Å². The monoisotopic (exact) mass is 356 g/mol. The van der Waals surface area contributed by atoms with Gasteiger partial charge in [-0.2, -0.15) is 0 Å². The molecule has 140 valence electrons. The lowest BCUT2D eigenvalue weighted by atomic mass is 9.98. The number of benzene rings is 1. The van der Waals surface area contributed by atoms with Gasteiger partial charge in [0.15, 0.2) is 0 Å². The Labute approximate surface area is 155 Å². The van der Waals surface area contributed by atoms with Gasteiger partial charge in [-0.3, -0.25) is 4.79 Å². The number of likely N-dealkylation sites (tertiary alicyclic amines) is 1. The highest BCUT2D eigenvalue weighted by Crippen LogP contribution is 2.24. The number of ether oxygens (including phenoxy) is 1. The van der Waals surface area contributed by atoms with Crippen LogP contribution in [0.2, 0.25) is 0 Å². The molecule has 0 spiro atoms. The van der Waals surface area contributed by atoms with Gasteiger partial charge in [-0.1, -0.05) is 17.7 Å². The average molecular weight is 356 g/mol. The van der Waals surface area contributed by atoms with Crippen molar-refractivity contribution in [3.63, 3.8) is 0 Å². The SMILES string of the molecule is CCOCC1CCCN(C(=O)Cc2nc(-c3cccc(C)c3)oc2C)C1. The Bertz CT molecular complexity index is 753. The van der Waals surface area contributed by atoms with Gasteiger partial charge in [0.25, 0.3) is 0 Å². The number of oxazole rings is 1. The Kier molecular flexibility index (Phi) is 6.09. The Morgan fingerprint density at radius 2 is 2.23 bits per heavy atom. The molecule has 0 aliphatic carbocycles. The summed E-state index contributed by atoms with van der Waals surface area (Å²) < 4.78 is 11.4. The van der Waals surface area contributed by atoms with E-state index in [1.807, 2.05) is 49.9 Å². The number of aromatic nitrogens is 1. The molecule has 2 aromatic rings. The van der Waals surface area contributed by atoms with Crippen LogP contribution >= 0.6 is 0 Å². The highest BCUT2D eigenvalue weighted by Gasteiger charge is 2.25. The number of carbonyl (C=O) groups excluding carboxylic acids is 1. The van der Waals surface area contributed by atoms with E-state index in [9.17, 15) is 4.79 Å². The Morgan fingerprint density at radius 1 is 1.38 bits per heavy atom. The summed E-state index contributed by atoms with van der Waals surface area (Å²) in [5, 5.41) is 0. The second-order valence-corrected chi connectivity index (χ2v) is 7.08. The van der Waals surface area contributed by atoms with E-state index in [4.69, 9.17) is 9.15 Å². The normalized spacial score (nSPS) is 17.5. The molecule has 1 saturated heterocycles. The van der Waals surface area contributed by atoms with Crippen molar-refractivity contribution < 1.29 is 13.9 Å². The molecule has 0 bridgehead atoms. The van der Waals surface area contributed by atoms with E-state index in [2.05, 4.69) is 4.98 Å². The highest BCUT2D eigenvalue weighted by molar-refractivity contribution is 5.78. The van der Waals surface area contributed by atoms with Crippen molar-refractivity contribution in [2.45, 2.75) is 40.0 Å². The van der Waals surface area contributed by atoms with Crippen LogP contribution in [0.25, 0.3) is 11.5 Å². The molecule has 2 heterocycles. The van der Waals surface area contributed by atoms with Crippen molar-refractivity contribution in [1.29, 1.82) is 0 Å². The summed E-state index contributed by atoms with van der Waals surface area (Å²) in [4.78, 5) is 19.3. The predicted octanol–water partition coefficient (Wildman–Crippen LogP) is 3.78. The molecule has 1 aliphatic rings. The van der Waals surface area contributed by atoms with Gasteiger partial charge in [-0.25, -0.2) is 4.98 Å². The maximum absolute atomic E-state index is 12.7. The zero-order chi connectivity index (χ0) is 18.5. The molecule has 1 unspecified atom stereocenters. The van der Waals surface area contributed by atoms with Gasteiger partial charge in [-0.15, -0.1) is 0 Å². The lowest BCUT2D eigenvalue weighted by molar-refractivity contribution is -0.132. The molecule has 5 heteroatoms. The van der Waals surface area contributed by atoms with Crippen LogP contribution in [0.15, 0.2) is 28.7 Å². The molecule has 1 fully saturated rings. The Hall–Kier alpha value is -2.14. The zero-order valence-corrected chi connectivity index (χ0v) is 16.0. The minimum absolute atomic E-state index is 0.124. The number of rotatable bonds is 6. The fraction of sp³-hybridized carbons (Fsp3) is 0.524. The van der Waals surface area contributed by atoms with Crippen LogP contribution < -0.4 is 0 Å². The Morgan fingerprint density at radius 3 is 3.00 bits per heavy atom. The number of hydrogen-bond acceptors (Lipinski definition) is 4. The molecular weight excluding hydrogens is 328 g/mol. The first-order valence-corrected chi connectivity index (χ1v) is 9.45. The summed E-state index contributed by atoms with van der Waals surface area (Å²) in [5.41, 5.74) is 2.84. The molecule has 1 aromatic heterocycles. The minimum atomic E-state index is 0.124. The summed E-state index contributed by atoms with van der Waals surface area (Å²) in [6.07, 6.45) is 2.46. The first-order valence-electron chi connectivity index (χ1n) is 9.45. The molecule has 3 rings (SSSR count). The number of nitrogens with zero attached hydrogens (tertiary/aromatic N) is 2. The van der Waals surface area contributed by atoms with Crippen molar-refractivity contribution >= 4 is 5.91 Å². The van der Waals surface area contributed by atoms with Crippen molar-refractivity contribution in [3.05, 3.63) is 41.3 Å². The predicted molar refractivity (Wildman–Crippen MR) is 101 cm³/mol. The van der Waals surface area contributed by atoms with Crippen molar-refractivity contribution in [2.24, 2.45) is 5.92 Å². The molecule has 0 N–H and O–H groups in total. The van der Waals surface area contributed by atoms with Gasteiger partial charge in [-0.05, 0) is 51.7 Å². The van der Waals surface area contributed by atoms with Crippen LogP contribution in [-0.4, -0.2) is 42.1 Å². The summed E-state index contributed by atoms with van der Waals surface area (Å²) in [6.45, 7) is 8.99. The van der Waals surface area contributed by atoms with E-state index >= 15 is 0 Å². The van der Waals surface area contributed by atoms with E-state index in [0.29, 0.717) is 18.2 Å². The van der Waals surface area contributed by atoms with Crippen LogP contribution in [0.5, 0.6) is 0 Å². The summed E-state index contributed by atoms with van der Waals surface area (Å²) >= 11 is 0. The van der Waals surface area contributed by atoms with Gasteiger partial charge in [0.1, 0.15) is 5.76 Å². The van der Waals surface area contributed by atoms with Crippen LogP contribution in [0.1, 0.15) is 36.8 Å². The van der Waals surface area contributed by atoms with Crippen molar-refractivity contribution in [3.8, 4) is 11.5 Å². The number of hydrogen-bond donors (Lipinski definition) is 0. The second kappa shape index (κ2) is 8.49. The molecule has 1 amide bonds. The highest BCUT2D eigenvalue weighted by atomic mass is 16.5. The number of carbonyl (C=O) groups is 1. The molecule has 1 atom stereocenters. The van der Waals surface area contributed by atoms with E-state index in [1.165, 1.54) is 0 Å². The number of amides is 1. The van der Waals surface area contributed by atoms with Gasteiger partial charge in [0.2, 0.25) is 11.8 Å². The molecule has 0 radical (unpaired) electrons. The quantitative estimate of drug-likeness (QED) is 0.790. The second-order valence-electron chi connectivity index (χ2n) is 7.08. The maximum Gasteiger partial charge on any atom is 0.228 e. The van der Waals surface area contributed by atoms with Gasteiger partial charge < -0.3 is 14.1 Å².